The normalized spacial score (nSPS) is 11.4. The first-order chi connectivity index (χ1) is 14.6. The number of para-hydroxylation sites is 1. The minimum Gasteiger partial charge on any atom is -0.484 e. The number of ether oxygens (including phenoxy) is 1. The number of carbonyl (C=O) groups excluding carboxylic acids is 2. The number of nitrogens with one attached hydrogen (secondary N) is 1. The Hall–Kier alpha value is -3.67. The van der Waals surface area contributed by atoms with E-state index in [1.165, 1.54) is 4.90 Å². The van der Waals surface area contributed by atoms with Crippen LogP contribution in [0.5, 0.6) is 5.75 Å². The summed E-state index contributed by atoms with van der Waals surface area (Å²) in [6.45, 7) is 2.19. The molecular weight excluding hydrogens is 378 g/mol. The molecule has 0 unspecified atom stereocenters. The van der Waals surface area contributed by atoms with Crippen LogP contribution in [0.4, 0.5) is 0 Å². The van der Waals surface area contributed by atoms with Crippen LogP contribution in [-0.4, -0.2) is 34.3 Å². The van der Waals surface area contributed by atoms with Gasteiger partial charge in [0, 0.05) is 12.7 Å². The largest absolute Gasteiger partial charge is 0.484 e. The Kier molecular flexibility index (Phi) is 7.55. The van der Waals surface area contributed by atoms with Crippen LogP contribution in [0.3, 0.4) is 0 Å². The molecule has 2 aromatic carbocycles. The topological polar surface area (TPSA) is 71.5 Å². The van der Waals surface area contributed by atoms with Crippen LogP contribution in [-0.2, 0) is 22.7 Å². The van der Waals surface area contributed by atoms with Crippen molar-refractivity contribution >= 4 is 11.8 Å². The third kappa shape index (κ3) is 6.17. The highest BCUT2D eigenvalue weighted by Crippen LogP contribution is 2.12. The Morgan fingerprint density at radius 2 is 1.63 bits per heavy atom. The number of hydrogen-bond donors (Lipinski definition) is 1. The molecule has 0 spiro atoms. The molecule has 1 aromatic heterocycles. The van der Waals surface area contributed by atoms with Gasteiger partial charge in [0.1, 0.15) is 11.8 Å². The maximum absolute atomic E-state index is 12.9. The number of aromatic nitrogens is 1. The lowest BCUT2D eigenvalue weighted by Crippen LogP contribution is -2.48. The maximum Gasteiger partial charge on any atom is 0.261 e. The SMILES string of the molecule is C[C@H](C(=O)NCc1ccccn1)N(Cc1ccccc1)C(=O)COc1ccccc1. The average molecular weight is 403 g/mol. The lowest BCUT2D eigenvalue weighted by Gasteiger charge is -2.28. The van der Waals surface area contributed by atoms with Crippen LogP contribution in [0.15, 0.2) is 85.1 Å². The van der Waals surface area contributed by atoms with Gasteiger partial charge >= 0.3 is 0 Å². The highest BCUT2D eigenvalue weighted by molar-refractivity contribution is 5.87. The van der Waals surface area contributed by atoms with Gasteiger partial charge in [-0.2, -0.15) is 0 Å². The number of pyridine rings is 1. The van der Waals surface area contributed by atoms with E-state index in [4.69, 9.17) is 4.74 Å². The molecule has 3 rings (SSSR count). The summed E-state index contributed by atoms with van der Waals surface area (Å²) < 4.78 is 5.61. The molecule has 6 heteroatoms. The molecule has 0 radical (unpaired) electrons. The van der Waals surface area contributed by atoms with Crippen molar-refractivity contribution in [3.05, 3.63) is 96.3 Å². The van der Waals surface area contributed by atoms with Crippen molar-refractivity contribution < 1.29 is 14.3 Å². The fraction of sp³-hybridized carbons (Fsp3) is 0.208. The van der Waals surface area contributed by atoms with Crippen LogP contribution in [0.1, 0.15) is 18.2 Å². The van der Waals surface area contributed by atoms with Gasteiger partial charge in [0.2, 0.25) is 5.91 Å². The number of amides is 2. The van der Waals surface area contributed by atoms with Crippen LogP contribution in [0.2, 0.25) is 0 Å². The zero-order chi connectivity index (χ0) is 21.2. The van der Waals surface area contributed by atoms with E-state index in [2.05, 4.69) is 10.3 Å². The van der Waals surface area contributed by atoms with E-state index in [0.29, 0.717) is 18.8 Å². The van der Waals surface area contributed by atoms with E-state index in [1.807, 2.05) is 66.7 Å². The fourth-order valence-corrected chi connectivity index (χ4v) is 2.94. The first-order valence-corrected chi connectivity index (χ1v) is 9.82. The van der Waals surface area contributed by atoms with Gasteiger partial charge in [-0.25, -0.2) is 0 Å². The molecule has 154 valence electrons. The molecule has 1 heterocycles. The highest BCUT2D eigenvalue weighted by atomic mass is 16.5. The van der Waals surface area contributed by atoms with Crippen molar-refractivity contribution in [1.29, 1.82) is 0 Å². The predicted molar refractivity (Wildman–Crippen MR) is 114 cm³/mol. The van der Waals surface area contributed by atoms with Crippen LogP contribution < -0.4 is 10.1 Å². The van der Waals surface area contributed by atoms with Gasteiger partial charge in [0.05, 0.1) is 12.2 Å². The maximum atomic E-state index is 12.9. The average Bonchev–Trinajstić information content (AvgIpc) is 2.81. The number of hydrogen-bond acceptors (Lipinski definition) is 4. The lowest BCUT2D eigenvalue weighted by molar-refractivity contribution is -0.142. The second-order valence-corrected chi connectivity index (χ2v) is 6.82. The molecule has 0 saturated heterocycles. The summed E-state index contributed by atoms with van der Waals surface area (Å²) in [7, 11) is 0. The zero-order valence-corrected chi connectivity index (χ0v) is 16.9. The minimum absolute atomic E-state index is 0.144. The molecule has 0 saturated carbocycles. The van der Waals surface area contributed by atoms with Gasteiger partial charge < -0.3 is 15.0 Å². The second-order valence-electron chi connectivity index (χ2n) is 6.82. The van der Waals surface area contributed by atoms with Gasteiger partial charge in [0.25, 0.3) is 5.91 Å². The molecule has 3 aromatic rings. The second kappa shape index (κ2) is 10.8. The van der Waals surface area contributed by atoms with Crippen molar-refractivity contribution in [2.45, 2.75) is 26.1 Å². The molecule has 30 heavy (non-hydrogen) atoms. The van der Waals surface area contributed by atoms with Crippen LogP contribution in [0, 0.1) is 0 Å². The first kappa shape index (κ1) is 21.0. The number of carbonyl (C=O) groups is 2. The predicted octanol–water partition coefficient (Wildman–Crippen LogP) is 3.19. The van der Waals surface area contributed by atoms with Crippen molar-refractivity contribution in [3.63, 3.8) is 0 Å². The van der Waals surface area contributed by atoms with Gasteiger partial charge in [0.15, 0.2) is 6.61 Å². The molecule has 6 nitrogen and oxygen atoms in total. The molecule has 1 N–H and O–H groups in total. The molecule has 0 bridgehead atoms. The third-order valence-corrected chi connectivity index (χ3v) is 4.64. The summed E-state index contributed by atoms with van der Waals surface area (Å²) in [5.41, 5.74) is 1.70. The zero-order valence-electron chi connectivity index (χ0n) is 16.9. The number of rotatable bonds is 9. The molecule has 0 aliphatic rings. The number of nitrogens with zero attached hydrogens (tertiary/aromatic N) is 2. The fourth-order valence-electron chi connectivity index (χ4n) is 2.94. The summed E-state index contributed by atoms with van der Waals surface area (Å²) in [4.78, 5) is 31.4. The van der Waals surface area contributed by atoms with Crippen molar-refractivity contribution in [2.24, 2.45) is 0 Å². The van der Waals surface area contributed by atoms with Crippen LogP contribution in [0.25, 0.3) is 0 Å². The van der Waals surface area contributed by atoms with Crippen molar-refractivity contribution in [3.8, 4) is 5.75 Å². The highest BCUT2D eigenvalue weighted by Gasteiger charge is 2.26. The van der Waals surface area contributed by atoms with Gasteiger partial charge in [-0.15, -0.1) is 0 Å². The van der Waals surface area contributed by atoms with Crippen molar-refractivity contribution in [1.82, 2.24) is 15.2 Å². The van der Waals surface area contributed by atoms with E-state index in [0.717, 1.165) is 11.3 Å². The number of benzene rings is 2. The molecule has 2 amide bonds. The van der Waals surface area contributed by atoms with E-state index in [9.17, 15) is 9.59 Å². The Labute approximate surface area is 176 Å². The van der Waals surface area contributed by atoms with E-state index in [-0.39, 0.29) is 18.4 Å². The van der Waals surface area contributed by atoms with Gasteiger partial charge in [-0.1, -0.05) is 54.6 Å². The summed E-state index contributed by atoms with van der Waals surface area (Å²) in [6, 6.07) is 23.6. The Morgan fingerprint density at radius 1 is 0.967 bits per heavy atom. The van der Waals surface area contributed by atoms with Crippen LogP contribution >= 0.6 is 0 Å². The minimum atomic E-state index is -0.666. The first-order valence-electron chi connectivity index (χ1n) is 9.82. The monoisotopic (exact) mass is 403 g/mol. The molecule has 0 fully saturated rings. The standard InChI is InChI=1S/C24H25N3O3/c1-19(24(29)26-16-21-12-8-9-15-25-21)27(17-20-10-4-2-5-11-20)23(28)18-30-22-13-6-3-7-14-22/h2-15,19H,16-18H2,1H3,(H,26,29)/t19-/m1/s1. The summed E-state index contributed by atoms with van der Waals surface area (Å²) in [6.07, 6.45) is 1.68. The van der Waals surface area contributed by atoms with Crippen molar-refractivity contribution in [2.75, 3.05) is 6.61 Å². The van der Waals surface area contributed by atoms with E-state index < -0.39 is 6.04 Å². The smallest absolute Gasteiger partial charge is 0.261 e. The molecule has 0 aliphatic heterocycles. The quantitative estimate of drug-likeness (QED) is 0.596. The Morgan fingerprint density at radius 3 is 2.30 bits per heavy atom. The van der Waals surface area contributed by atoms with E-state index in [1.54, 1.807) is 25.3 Å². The molecule has 0 aliphatic carbocycles. The molecule has 1 atom stereocenters. The van der Waals surface area contributed by atoms with Gasteiger partial charge in [-0.3, -0.25) is 14.6 Å². The summed E-state index contributed by atoms with van der Waals surface area (Å²) >= 11 is 0. The Balaban J connectivity index is 1.67. The Bertz CT molecular complexity index is 934. The van der Waals surface area contributed by atoms with E-state index >= 15 is 0 Å². The molecular formula is C24H25N3O3. The van der Waals surface area contributed by atoms with Gasteiger partial charge in [-0.05, 0) is 36.8 Å². The summed E-state index contributed by atoms with van der Waals surface area (Å²) in [5.74, 6) is 0.102. The lowest BCUT2D eigenvalue weighted by atomic mass is 10.1. The summed E-state index contributed by atoms with van der Waals surface area (Å²) in [5, 5.41) is 2.86. The third-order valence-electron chi connectivity index (χ3n) is 4.64.